The van der Waals surface area contributed by atoms with Crippen LogP contribution in [0.3, 0.4) is 0 Å². The molecule has 0 spiro atoms. The third-order valence-electron chi connectivity index (χ3n) is 1.78. The van der Waals surface area contributed by atoms with Crippen LogP contribution in [0.1, 0.15) is 10.6 Å². The molecule has 0 radical (unpaired) electrons. The average molecular weight is 184 g/mol. The molecule has 0 aliphatic rings. The minimum Gasteiger partial charge on any atom is -0.396 e. The van der Waals surface area contributed by atoms with Crippen LogP contribution in [0.5, 0.6) is 0 Å². The van der Waals surface area contributed by atoms with Crippen LogP contribution >= 0.6 is 11.3 Å². The van der Waals surface area contributed by atoms with E-state index in [4.69, 9.17) is 5.11 Å². The molecule has 66 valence electrons. The molecule has 1 rings (SSSR count). The van der Waals surface area contributed by atoms with Gasteiger partial charge in [0.2, 0.25) is 5.51 Å². The molecule has 1 aromatic rings. The van der Waals surface area contributed by atoms with Crippen molar-refractivity contribution in [1.29, 1.82) is 0 Å². The van der Waals surface area contributed by atoms with Crippen LogP contribution in [0.2, 0.25) is 0 Å². The van der Waals surface area contributed by atoms with E-state index >= 15 is 0 Å². The molecular weight excluding hydrogens is 170 g/mol. The molecule has 12 heavy (non-hydrogen) atoms. The number of aromatic nitrogens is 1. The molecule has 1 N–H and O–H groups in total. The van der Waals surface area contributed by atoms with E-state index in [0.717, 1.165) is 13.0 Å². The van der Waals surface area contributed by atoms with Gasteiger partial charge in [-0.2, -0.15) is 4.57 Å². The van der Waals surface area contributed by atoms with Gasteiger partial charge in [0.15, 0.2) is 12.2 Å². The van der Waals surface area contributed by atoms with Crippen molar-refractivity contribution in [2.45, 2.75) is 19.9 Å². The second-order valence-electron chi connectivity index (χ2n) is 2.64. The van der Waals surface area contributed by atoms with Crippen LogP contribution in [-0.2, 0) is 13.0 Å². The van der Waals surface area contributed by atoms with E-state index in [0.29, 0.717) is 0 Å². The predicted molar refractivity (Wildman–Crippen MR) is 50.2 cm³/mol. The number of aliphatic hydroxyl groups is 1. The lowest BCUT2D eigenvalue weighted by molar-refractivity contribution is -0.689. The van der Waals surface area contributed by atoms with E-state index < -0.39 is 0 Å². The minimum atomic E-state index is 0.217. The maximum Gasteiger partial charge on any atom is 0.225 e. The zero-order valence-electron chi connectivity index (χ0n) is 7.29. The molecule has 1 aromatic heterocycles. The van der Waals surface area contributed by atoms with Crippen molar-refractivity contribution in [3.8, 4) is 0 Å². The Labute approximate surface area is 76.8 Å². The summed E-state index contributed by atoms with van der Waals surface area (Å²) in [6.07, 6.45) is 2.61. The summed E-state index contributed by atoms with van der Waals surface area (Å²) >= 11 is 1.72. The number of nitrogens with zero attached hydrogens (tertiary/aromatic N) is 1. The summed E-state index contributed by atoms with van der Waals surface area (Å²) in [5.74, 6) is 0. The summed E-state index contributed by atoms with van der Waals surface area (Å²) in [5, 5.41) is 8.82. The second kappa shape index (κ2) is 4.38. The summed E-state index contributed by atoms with van der Waals surface area (Å²) in [7, 11) is 0. The van der Waals surface area contributed by atoms with Crippen LogP contribution in [0.4, 0.5) is 0 Å². The molecule has 0 fully saturated rings. The molecule has 0 saturated carbocycles. The third kappa shape index (κ3) is 1.93. The molecule has 0 aliphatic heterocycles. The highest BCUT2D eigenvalue weighted by atomic mass is 32.1. The number of aryl methyl sites for hydroxylation is 1. The fraction of sp³-hybridized carbons (Fsp3) is 0.444. The smallest absolute Gasteiger partial charge is 0.225 e. The Bertz CT molecular complexity index is 267. The monoisotopic (exact) mass is 184 g/mol. The first-order valence-electron chi connectivity index (χ1n) is 3.97. The van der Waals surface area contributed by atoms with Gasteiger partial charge in [-0.25, -0.2) is 0 Å². The van der Waals surface area contributed by atoms with Crippen molar-refractivity contribution in [2.24, 2.45) is 0 Å². The fourth-order valence-corrected chi connectivity index (χ4v) is 2.05. The summed E-state index contributed by atoms with van der Waals surface area (Å²) < 4.78 is 2.13. The normalized spacial score (nSPS) is 10.2. The van der Waals surface area contributed by atoms with Gasteiger partial charge in [0, 0.05) is 0 Å². The minimum absolute atomic E-state index is 0.217. The molecule has 3 heteroatoms. The molecule has 0 aliphatic carbocycles. The lowest BCUT2D eigenvalue weighted by Crippen LogP contribution is -2.35. The quantitative estimate of drug-likeness (QED) is 0.549. The largest absolute Gasteiger partial charge is 0.396 e. The van der Waals surface area contributed by atoms with Gasteiger partial charge in [0.05, 0.1) is 17.9 Å². The SMILES string of the molecule is C=CC[n+]1csc(C)c1CCO. The number of aliphatic hydroxyl groups excluding tert-OH is 1. The lowest BCUT2D eigenvalue weighted by atomic mass is 10.3. The second-order valence-corrected chi connectivity index (χ2v) is 3.70. The Morgan fingerprint density at radius 2 is 2.50 bits per heavy atom. The van der Waals surface area contributed by atoms with E-state index in [1.807, 2.05) is 6.08 Å². The van der Waals surface area contributed by atoms with Gasteiger partial charge in [-0.05, 0) is 13.0 Å². The maximum atomic E-state index is 8.82. The topological polar surface area (TPSA) is 24.1 Å². The van der Waals surface area contributed by atoms with Gasteiger partial charge in [0.1, 0.15) is 0 Å². The van der Waals surface area contributed by atoms with Crippen molar-refractivity contribution in [1.82, 2.24) is 0 Å². The van der Waals surface area contributed by atoms with Crippen LogP contribution in [0, 0.1) is 6.92 Å². The fourth-order valence-electron chi connectivity index (χ4n) is 1.19. The lowest BCUT2D eigenvalue weighted by Gasteiger charge is -1.93. The van der Waals surface area contributed by atoms with Gasteiger partial charge >= 0.3 is 0 Å². The first-order valence-corrected chi connectivity index (χ1v) is 4.85. The van der Waals surface area contributed by atoms with E-state index in [1.165, 1.54) is 10.6 Å². The van der Waals surface area contributed by atoms with Crippen LogP contribution < -0.4 is 4.57 Å². The molecule has 0 aromatic carbocycles. The standard InChI is InChI=1S/C9H14NOS/c1-3-5-10-7-12-8(2)9(10)4-6-11/h3,7,11H,1,4-6H2,2H3/q+1. The maximum absolute atomic E-state index is 8.82. The van der Waals surface area contributed by atoms with E-state index in [-0.39, 0.29) is 6.61 Å². The molecule has 0 amide bonds. The molecule has 0 unspecified atom stereocenters. The number of thiazole rings is 1. The van der Waals surface area contributed by atoms with Gasteiger partial charge in [-0.15, -0.1) is 0 Å². The Hall–Kier alpha value is -0.670. The Morgan fingerprint density at radius 3 is 3.08 bits per heavy atom. The summed E-state index contributed by atoms with van der Waals surface area (Å²) in [6, 6.07) is 0. The van der Waals surface area contributed by atoms with Crippen LogP contribution in [0.15, 0.2) is 18.2 Å². The first-order chi connectivity index (χ1) is 5.79. The summed E-state index contributed by atoms with van der Waals surface area (Å²) in [4.78, 5) is 1.28. The average Bonchev–Trinajstić information content (AvgIpc) is 2.37. The molecule has 0 saturated heterocycles. The number of hydrogen-bond acceptors (Lipinski definition) is 2. The van der Waals surface area contributed by atoms with Crippen LogP contribution in [-0.4, -0.2) is 11.7 Å². The number of rotatable bonds is 4. The number of hydrogen-bond donors (Lipinski definition) is 1. The Kier molecular flexibility index (Phi) is 3.44. The van der Waals surface area contributed by atoms with Crippen molar-refractivity contribution in [3.05, 3.63) is 28.7 Å². The molecule has 2 nitrogen and oxygen atoms in total. The molecule has 1 heterocycles. The van der Waals surface area contributed by atoms with Crippen molar-refractivity contribution >= 4 is 11.3 Å². The molecular formula is C9H14NOS+. The van der Waals surface area contributed by atoms with Crippen LogP contribution in [0.25, 0.3) is 0 Å². The Balaban J connectivity index is 2.86. The van der Waals surface area contributed by atoms with E-state index in [9.17, 15) is 0 Å². The zero-order valence-corrected chi connectivity index (χ0v) is 8.10. The van der Waals surface area contributed by atoms with Gasteiger partial charge < -0.3 is 5.11 Å². The van der Waals surface area contributed by atoms with Crippen molar-refractivity contribution in [3.63, 3.8) is 0 Å². The highest BCUT2D eigenvalue weighted by molar-refractivity contribution is 7.09. The van der Waals surface area contributed by atoms with Gasteiger partial charge in [0.25, 0.3) is 0 Å². The zero-order chi connectivity index (χ0) is 8.97. The summed E-state index contributed by atoms with van der Waals surface area (Å²) in [6.45, 7) is 6.82. The van der Waals surface area contributed by atoms with Crippen molar-refractivity contribution in [2.75, 3.05) is 6.61 Å². The van der Waals surface area contributed by atoms with E-state index in [2.05, 4.69) is 23.6 Å². The number of allylic oxidation sites excluding steroid dienone is 1. The highest BCUT2D eigenvalue weighted by Crippen LogP contribution is 2.09. The third-order valence-corrected chi connectivity index (χ3v) is 2.73. The first kappa shape index (κ1) is 9.42. The van der Waals surface area contributed by atoms with E-state index in [1.54, 1.807) is 11.3 Å². The summed E-state index contributed by atoms with van der Waals surface area (Å²) in [5.41, 5.74) is 3.30. The molecule has 0 bridgehead atoms. The van der Waals surface area contributed by atoms with Crippen molar-refractivity contribution < 1.29 is 9.67 Å². The highest BCUT2D eigenvalue weighted by Gasteiger charge is 2.13. The van der Waals surface area contributed by atoms with Gasteiger partial charge in [-0.3, -0.25) is 0 Å². The Morgan fingerprint density at radius 1 is 1.75 bits per heavy atom. The predicted octanol–water partition coefficient (Wildman–Crippen LogP) is 1.06. The molecule has 0 atom stereocenters. The van der Waals surface area contributed by atoms with Gasteiger partial charge in [-0.1, -0.05) is 17.9 Å².